The third kappa shape index (κ3) is 2.74. The molecule has 0 saturated carbocycles. The quantitative estimate of drug-likeness (QED) is 0.552. The minimum Gasteiger partial charge on any atom is -0.295 e. The molecule has 0 fully saturated rings. The van der Waals surface area contributed by atoms with E-state index in [4.69, 9.17) is 0 Å². The molecule has 1 aromatic rings. The lowest BCUT2D eigenvalue weighted by molar-refractivity contribution is 0.101. The molecule has 2 heteroatoms. The van der Waals surface area contributed by atoms with Gasteiger partial charge in [0.2, 0.25) is 0 Å². The molecule has 0 bridgehead atoms. The Morgan fingerprint density at radius 3 is 2.50 bits per heavy atom. The van der Waals surface area contributed by atoms with Crippen molar-refractivity contribution in [2.75, 3.05) is 0 Å². The largest absolute Gasteiger partial charge is 0.295 e. The molecule has 0 radical (unpaired) electrons. The molecule has 0 aromatic heterocycles. The van der Waals surface area contributed by atoms with Crippen molar-refractivity contribution in [3.63, 3.8) is 0 Å². The second kappa shape index (κ2) is 4.47. The first-order valence-corrected chi connectivity index (χ1v) is 5.27. The summed E-state index contributed by atoms with van der Waals surface area (Å²) in [6.45, 7) is 9.43. The molecule has 0 saturated heterocycles. The molecular formula is C12H14OS. The van der Waals surface area contributed by atoms with Gasteiger partial charge in [-0.1, -0.05) is 30.5 Å². The van der Waals surface area contributed by atoms with Gasteiger partial charge in [0.05, 0.1) is 0 Å². The van der Waals surface area contributed by atoms with Crippen LogP contribution in [-0.2, 0) is 0 Å². The highest BCUT2D eigenvalue weighted by Gasteiger charge is 2.04. The van der Waals surface area contributed by atoms with E-state index in [0.717, 1.165) is 15.4 Å². The highest BCUT2D eigenvalue weighted by Crippen LogP contribution is 2.28. The van der Waals surface area contributed by atoms with Gasteiger partial charge in [-0.05, 0) is 37.3 Å². The highest BCUT2D eigenvalue weighted by atomic mass is 32.2. The van der Waals surface area contributed by atoms with Gasteiger partial charge in [0, 0.05) is 10.5 Å². The number of benzene rings is 1. The third-order valence-electron chi connectivity index (χ3n) is 1.88. The molecule has 1 aromatic carbocycles. The monoisotopic (exact) mass is 206 g/mol. The Bertz CT molecular complexity index is 380. The standard InChI is InChI=1S/C12H14OS/c1-8(2)14-12-7-11(10(4)13)6-5-9(12)3/h5-7H,1H2,2-4H3. The van der Waals surface area contributed by atoms with E-state index in [1.54, 1.807) is 18.7 Å². The topological polar surface area (TPSA) is 17.1 Å². The molecule has 0 amide bonds. The van der Waals surface area contributed by atoms with Crippen LogP contribution in [0.25, 0.3) is 0 Å². The van der Waals surface area contributed by atoms with Gasteiger partial charge in [-0.15, -0.1) is 0 Å². The van der Waals surface area contributed by atoms with Gasteiger partial charge in [0.25, 0.3) is 0 Å². The van der Waals surface area contributed by atoms with Crippen molar-refractivity contribution in [3.05, 3.63) is 40.8 Å². The first kappa shape index (κ1) is 11.1. The molecule has 74 valence electrons. The van der Waals surface area contributed by atoms with Crippen molar-refractivity contribution in [3.8, 4) is 0 Å². The zero-order valence-corrected chi connectivity index (χ0v) is 9.57. The van der Waals surface area contributed by atoms with Gasteiger partial charge in [-0.3, -0.25) is 4.79 Å². The van der Waals surface area contributed by atoms with E-state index < -0.39 is 0 Å². The second-order valence-corrected chi connectivity index (χ2v) is 4.68. The fraction of sp³-hybridized carbons (Fsp3) is 0.250. The van der Waals surface area contributed by atoms with Crippen LogP contribution < -0.4 is 0 Å². The fourth-order valence-electron chi connectivity index (χ4n) is 1.12. The zero-order chi connectivity index (χ0) is 10.7. The van der Waals surface area contributed by atoms with E-state index in [-0.39, 0.29) is 5.78 Å². The predicted octanol–water partition coefficient (Wildman–Crippen LogP) is 3.82. The van der Waals surface area contributed by atoms with E-state index in [1.165, 1.54) is 5.56 Å². The number of carbonyl (C=O) groups is 1. The Morgan fingerprint density at radius 1 is 1.36 bits per heavy atom. The highest BCUT2D eigenvalue weighted by molar-refractivity contribution is 8.03. The Balaban J connectivity index is 3.08. The Morgan fingerprint density at radius 2 is 2.00 bits per heavy atom. The number of hydrogen-bond donors (Lipinski definition) is 0. The minimum atomic E-state index is 0.105. The lowest BCUT2D eigenvalue weighted by atomic mass is 10.1. The number of thioether (sulfide) groups is 1. The lowest BCUT2D eigenvalue weighted by Gasteiger charge is -2.06. The van der Waals surface area contributed by atoms with Crippen molar-refractivity contribution in [2.24, 2.45) is 0 Å². The van der Waals surface area contributed by atoms with Crippen molar-refractivity contribution in [2.45, 2.75) is 25.7 Å². The van der Waals surface area contributed by atoms with E-state index in [9.17, 15) is 4.79 Å². The normalized spacial score (nSPS) is 9.93. The average Bonchev–Trinajstić information content (AvgIpc) is 2.07. The molecule has 0 aliphatic rings. The van der Waals surface area contributed by atoms with Crippen LogP contribution in [0.5, 0.6) is 0 Å². The molecule has 0 N–H and O–H groups in total. The van der Waals surface area contributed by atoms with Gasteiger partial charge >= 0.3 is 0 Å². The maximum absolute atomic E-state index is 11.2. The Kier molecular flexibility index (Phi) is 3.53. The number of ketones is 1. The molecule has 1 rings (SSSR count). The van der Waals surface area contributed by atoms with Gasteiger partial charge in [0.1, 0.15) is 0 Å². The van der Waals surface area contributed by atoms with Gasteiger partial charge in [-0.25, -0.2) is 0 Å². The average molecular weight is 206 g/mol. The first-order chi connectivity index (χ1) is 6.50. The van der Waals surface area contributed by atoms with Crippen LogP contribution >= 0.6 is 11.8 Å². The number of carbonyl (C=O) groups excluding carboxylic acids is 1. The van der Waals surface area contributed by atoms with Crippen LogP contribution in [0.4, 0.5) is 0 Å². The van der Waals surface area contributed by atoms with Crippen molar-refractivity contribution in [1.82, 2.24) is 0 Å². The van der Waals surface area contributed by atoms with Crippen LogP contribution in [-0.4, -0.2) is 5.78 Å². The summed E-state index contributed by atoms with van der Waals surface area (Å²) in [5.74, 6) is 0.105. The van der Waals surface area contributed by atoms with Gasteiger partial charge in [0.15, 0.2) is 5.78 Å². The SMILES string of the molecule is C=C(C)Sc1cc(C(C)=O)ccc1C. The Labute approximate surface area is 89.2 Å². The number of Topliss-reactive ketones (excluding diaryl/α,β-unsaturated/α-hetero) is 1. The van der Waals surface area contributed by atoms with Crippen LogP contribution in [0.2, 0.25) is 0 Å². The maximum Gasteiger partial charge on any atom is 0.159 e. The number of aryl methyl sites for hydroxylation is 1. The third-order valence-corrected chi connectivity index (χ3v) is 2.89. The van der Waals surface area contributed by atoms with Crippen molar-refractivity contribution >= 4 is 17.5 Å². The number of hydrogen-bond acceptors (Lipinski definition) is 2. The Hall–Kier alpha value is -1.02. The molecule has 0 unspecified atom stereocenters. The zero-order valence-electron chi connectivity index (χ0n) is 8.76. The van der Waals surface area contributed by atoms with Gasteiger partial charge < -0.3 is 0 Å². The summed E-state index contributed by atoms with van der Waals surface area (Å²) < 4.78 is 0. The van der Waals surface area contributed by atoms with E-state index in [0.29, 0.717) is 0 Å². The first-order valence-electron chi connectivity index (χ1n) is 4.45. The number of rotatable bonds is 3. The smallest absolute Gasteiger partial charge is 0.159 e. The van der Waals surface area contributed by atoms with Crippen LogP contribution in [0.1, 0.15) is 29.8 Å². The molecule has 0 aliphatic carbocycles. The van der Waals surface area contributed by atoms with Crippen LogP contribution in [0.3, 0.4) is 0 Å². The molecule has 0 spiro atoms. The summed E-state index contributed by atoms with van der Waals surface area (Å²) in [6.07, 6.45) is 0. The summed E-state index contributed by atoms with van der Waals surface area (Å²) in [6, 6.07) is 5.76. The van der Waals surface area contributed by atoms with Crippen LogP contribution in [0, 0.1) is 6.92 Å². The number of allylic oxidation sites excluding steroid dienone is 1. The summed E-state index contributed by atoms with van der Waals surface area (Å²) >= 11 is 1.61. The predicted molar refractivity (Wildman–Crippen MR) is 61.9 cm³/mol. The summed E-state index contributed by atoms with van der Waals surface area (Å²) in [5, 5.41) is 0. The summed E-state index contributed by atoms with van der Waals surface area (Å²) in [4.78, 5) is 13.3. The molecule has 0 aliphatic heterocycles. The molecule has 14 heavy (non-hydrogen) atoms. The second-order valence-electron chi connectivity index (χ2n) is 3.34. The van der Waals surface area contributed by atoms with E-state index >= 15 is 0 Å². The van der Waals surface area contributed by atoms with E-state index in [1.807, 2.05) is 32.0 Å². The van der Waals surface area contributed by atoms with Gasteiger partial charge in [-0.2, -0.15) is 0 Å². The molecule has 1 nitrogen and oxygen atoms in total. The van der Waals surface area contributed by atoms with Crippen molar-refractivity contribution in [1.29, 1.82) is 0 Å². The maximum atomic E-state index is 11.2. The molecular weight excluding hydrogens is 192 g/mol. The van der Waals surface area contributed by atoms with Crippen molar-refractivity contribution < 1.29 is 4.79 Å². The summed E-state index contributed by atoms with van der Waals surface area (Å²) in [5.41, 5.74) is 1.95. The molecule has 0 atom stereocenters. The minimum absolute atomic E-state index is 0.105. The molecule has 0 heterocycles. The summed E-state index contributed by atoms with van der Waals surface area (Å²) in [7, 11) is 0. The fourth-order valence-corrected chi connectivity index (χ4v) is 1.91. The van der Waals surface area contributed by atoms with E-state index in [2.05, 4.69) is 6.58 Å². The van der Waals surface area contributed by atoms with Crippen LogP contribution in [0.15, 0.2) is 34.6 Å². The lowest BCUT2D eigenvalue weighted by Crippen LogP contribution is -1.92.